The Kier molecular flexibility index (Phi) is 3.42. The van der Waals surface area contributed by atoms with Crippen LogP contribution in [-0.4, -0.2) is 13.1 Å². The first-order valence-corrected chi connectivity index (χ1v) is 6.68. The highest BCUT2D eigenvalue weighted by atomic mass is 16.5. The van der Waals surface area contributed by atoms with Crippen molar-refractivity contribution in [2.45, 2.75) is 12.3 Å². The zero-order chi connectivity index (χ0) is 13.9. The van der Waals surface area contributed by atoms with E-state index in [0.29, 0.717) is 11.7 Å². The Morgan fingerprint density at radius 2 is 1.65 bits per heavy atom. The van der Waals surface area contributed by atoms with E-state index in [1.165, 1.54) is 5.56 Å². The summed E-state index contributed by atoms with van der Waals surface area (Å²) >= 11 is 0. The second kappa shape index (κ2) is 5.37. The average molecular weight is 268 g/mol. The van der Waals surface area contributed by atoms with Crippen LogP contribution in [0.25, 0.3) is 0 Å². The van der Waals surface area contributed by atoms with Crippen molar-refractivity contribution in [3.63, 3.8) is 0 Å². The number of esters is 1. The van der Waals surface area contributed by atoms with Crippen LogP contribution >= 0.6 is 0 Å². The van der Waals surface area contributed by atoms with Crippen molar-refractivity contribution in [3.05, 3.63) is 60.2 Å². The number of ether oxygens (including phenoxy) is 2. The predicted octanol–water partition coefficient (Wildman–Crippen LogP) is 3.40. The molecule has 1 aliphatic carbocycles. The molecule has 3 heteroatoms. The van der Waals surface area contributed by atoms with Gasteiger partial charge in [-0.3, -0.25) is 4.79 Å². The predicted molar refractivity (Wildman–Crippen MR) is 75.9 cm³/mol. The smallest absolute Gasteiger partial charge is 0.314 e. The van der Waals surface area contributed by atoms with E-state index in [2.05, 4.69) is 12.1 Å². The van der Waals surface area contributed by atoms with Crippen molar-refractivity contribution >= 4 is 5.97 Å². The fraction of sp³-hybridized carbons (Fsp3) is 0.235. The summed E-state index contributed by atoms with van der Waals surface area (Å²) in [5.74, 6) is 1.46. The van der Waals surface area contributed by atoms with E-state index in [0.717, 1.165) is 12.2 Å². The molecular formula is C17H16O3. The van der Waals surface area contributed by atoms with Crippen LogP contribution in [-0.2, 0) is 4.79 Å². The first-order chi connectivity index (χ1) is 9.78. The topological polar surface area (TPSA) is 35.5 Å². The van der Waals surface area contributed by atoms with Gasteiger partial charge in [0.1, 0.15) is 11.5 Å². The van der Waals surface area contributed by atoms with Gasteiger partial charge in [0.05, 0.1) is 13.0 Å². The largest absolute Gasteiger partial charge is 0.497 e. The van der Waals surface area contributed by atoms with Gasteiger partial charge in [-0.15, -0.1) is 0 Å². The van der Waals surface area contributed by atoms with Crippen LogP contribution < -0.4 is 9.47 Å². The van der Waals surface area contributed by atoms with Crippen molar-refractivity contribution in [2.75, 3.05) is 7.11 Å². The summed E-state index contributed by atoms with van der Waals surface area (Å²) in [6.45, 7) is 0. The lowest BCUT2D eigenvalue weighted by Crippen LogP contribution is -2.11. The fourth-order valence-corrected chi connectivity index (χ4v) is 2.36. The molecule has 0 aliphatic heterocycles. The molecule has 2 atom stereocenters. The highest BCUT2D eigenvalue weighted by molar-refractivity contribution is 5.79. The van der Waals surface area contributed by atoms with E-state index in [1.807, 2.05) is 18.2 Å². The zero-order valence-corrected chi connectivity index (χ0v) is 11.3. The minimum Gasteiger partial charge on any atom is -0.497 e. The van der Waals surface area contributed by atoms with E-state index >= 15 is 0 Å². The lowest BCUT2D eigenvalue weighted by molar-refractivity contribution is -0.135. The third-order valence-corrected chi connectivity index (χ3v) is 3.60. The Hall–Kier alpha value is -2.29. The number of methoxy groups -OCH3 is 1. The van der Waals surface area contributed by atoms with Gasteiger partial charge in [-0.25, -0.2) is 0 Å². The maximum absolute atomic E-state index is 12.1. The number of carbonyl (C=O) groups excluding carboxylic acids is 1. The maximum Gasteiger partial charge on any atom is 0.314 e. The molecule has 0 radical (unpaired) electrons. The van der Waals surface area contributed by atoms with Gasteiger partial charge >= 0.3 is 5.97 Å². The molecule has 0 bridgehead atoms. The average Bonchev–Trinajstić information content (AvgIpc) is 3.29. The number of benzene rings is 2. The molecule has 3 rings (SSSR count). The van der Waals surface area contributed by atoms with Crippen LogP contribution in [0.5, 0.6) is 11.5 Å². The fourth-order valence-electron chi connectivity index (χ4n) is 2.36. The number of rotatable bonds is 4. The number of hydrogen-bond donors (Lipinski definition) is 0. The summed E-state index contributed by atoms with van der Waals surface area (Å²) < 4.78 is 10.5. The summed E-state index contributed by atoms with van der Waals surface area (Å²) in [7, 11) is 1.61. The molecule has 2 unspecified atom stereocenters. The van der Waals surface area contributed by atoms with E-state index in [4.69, 9.17) is 9.47 Å². The van der Waals surface area contributed by atoms with Gasteiger partial charge in [0.25, 0.3) is 0 Å². The van der Waals surface area contributed by atoms with Gasteiger partial charge < -0.3 is 9.47 Å². The van der Waals surface area contributed by atoms with Crippen LogP contribution in [0.2, 0.25) is 0 Å². The van der Waals surface area contributed by atoms with E-state index < -0.39 is 0 Å². The van der Waals surface area contributed by atoms with Crippen molar-refractivity contribution in [1.82, 2.24) is 0 Å². The van der Waals surface area contributed by atoms with Gasteiger partial charge in [0, 0.05) is 0 Å². The van der Waals surface area contributed by atoms with Crippen LogP contribution in [0.3, 0.4) is 0 Å². The van der Waals surface area contributed by atoms with Crippen molar-refractivity contribution < 1.29 is 14.3 Å². The summed E-state index contributed by atoms with van der Waals surface area (Å²) in [6.07, 6.45) is 0.874. The maximum atomic E-state index is 12.1. The number of carbonyl (C=O) groups is 1. The molecule has 1 saturated carbocycles. The minimum absolute atomic E-state index is 0.0144. The van der Waals surface area contributed by atoms with Crippen LogP contribution in [0.4, 0.5) is 0 Å². The van der Waals surface area contributed by atoms with E-state index in [-0.39, 0.29) is 11.9 Å². The molecule has 102 valence electrons. The van der Waals surface area contributed by atoms with Crippen LogP contribution in [0.1, 0.15) is 17.9 Å². The molecule has 0 spiro atoms. The molecule has 0 saturated heterocycles. The molecule has 0 N–H and O–H groups in total. The third-order valence-electron chi connectivity index (χ3n) is 3.60. The molecule has 3 nitrogen and oxygen atoms in total. The molecule has 1 fully saturated rings. The summed E-state index contributed by atoms with van der Waals surface area (Å²) in [5, 5.41) is 0. The second-order valence-corrected chi connectivity index (χ2v) is 4.96. The summed E-state index contributed by atoms with van der Waals surface area (Å²) in [5.41, 5.74) is 1.21. The molecule has 1 aliphatic rings. The quantitative estimate of drug-likeness (QED) is 0.629. The first-order valence-electron chi connectivity index (χ1n) is 6.68. The standard InChI is InChI=1S/C17H16O3/c1-19-13-7-9-14(10-8-13)20-17(18)16-11-15(16)12-5-3-2-4-6-12/h2-10,15-16H,11H2,1H3. The highest BCUT2D eigenvalue weighted by Crippen LogP contribution is 2.48. The molecule has 0 aromatic heterocycles. The zero-order valence-electron chi connectivity index (χ0n) is 11.3. The minimum atomic E-state index is -0.149. The van der Waals surface area contributed by atoms with Gasteiger partial charge in [-0.1, -0.05) is 30.3 Å². The second-order valence-electron chi connectivity index (χ2n) is 4.96. The first kappa shape index (κ1) is 12.7. The Balaban J connectivity index is 1.61. The Labute approximate surface area is 118 Å². The molecule has 2 aromatic rings. The van der Waals surface area contributed by atoms with Gasteiger partial charge in [-0.2, -0.15) is 0 Å². The van der Waals surface area contributed by atoms with Crippen molar-refractivity contribution in [2.24, 2.45) is 5.92 Å². The van der Waals surface area contributed by atoms with Gasteiger partial charge in [0.15, 0.2) is 0 Å². The van der Waals surface area contributed by atoms with Crippen molar-refractivity contribution in [3.8, 4) is 11.5 Å². The number of hydrogen-bond acceptors (Lipinski definition) is 3. The highest BCUT2D eigenvalue weighted by Gasteiger charge is 2.45. The normalized spacial score (nSPS) is 20.2. The molecule has 0 heterocycles. The lowest BCUT2D eigenvalue weighted by atomic mass is 10.1. The van der Waals surface area contributed by atoms with Crippen LogP contribution in [0.15, 0.2) is 54.6 Å². The van der Waals surface area contributed by atoms with E-state index in [1.54, 1.807) is 31.4 Å². The summed E-state index contributed by atoms with van der Waals surface area (Å²) in [6, 6.07) is 17.2. The van der Waals surface area contributed by atoms with Gasteiger partial charge in [0.2, 0.25) is 0 Å². The van der Waals surface area contributed by atoms with Crippen molar-refractivity contribution in [1.29, 1.82) is 0 Å². The SMILES string of the molecule is COc1ccc(OC(=O)C2CC2c2ccccc2)cc1. The third kappa shape index (κ3) is 2.67. The van der Waals surface area contributed by atoms with E-state index in [9.17, 15) is 4.79 Å². The Morgan fingerprint density at radius 3 is 2.30 bits per heavy atom. The molecule has 20 heavy (non-hydrogen) atoms. The lowest BCUT2D eigenvalue weighted by Gasteiger charge is -2.05. The monoisotopic (exact) mass is 268 g/mol. The van der Waals surface area contributed by atoms with Crippen LogP contribution in [0, 0.1) is 5.92 Å². The Morgan fingerprint density at radius 1 is 1.00 bits per heavy atom. The molecule has 0 amide bonds. The van der Waals surface area contributed by atoms with Gasteiger partial charge in [-0.05, 0) is 42.2 Å². The summed E-state index contributed by atoms with van der Waals surface area (Å²) in [4.78, 5) is 12.1. The molecule has 2 aromatic carbocycles. The molecular weight excluding hydrogens is 252 g/mol. The Bertz CT molecular complexity index is 589.